The van der Waals surface area contributed by atoms with Gasteiger partial charge in [0.15, 0.2) is 0 Å². The third-order valence-electron chi connectivity index (χ3n) is 9.90. The maximum atomic E-state index is 12.8. The van der Waals surface area contributed by atoms with Crippen LogP contribution in [-0.4, -0.2) is 98.9 Å². The average Bonchev–Trinajstić information content (AvgIpc) is 3.21. The SMILES string of the molecule is CC/C=C\C/C=C\C/C=C\C/C=C\C/C=C\CCCCCCOCC(COP(=O)(O)OC1C(O)C(O)C(O)C(O)C1O)OC(=O)CCCCCCCCCCCCC. The van der Waals surface area contributed by atoms with Crippen molar-refractivity contribution in [1.29, 1.82) is 0 Å². The van der Waals surface area contributed by atoms with Crippen molar-refractivity contribution in [3.05, 3.63) is 60.8 Å². The van der Waals surface area contributed by atoms with Crippen LogP contribution in [0.4, 0.5) is 0 Å². The van der Waals surface area contributed by atoms with E-state index in [1.165, 1.54) is 44.9 Å². The lowest BCUT2D eigenvalue weighted by Crippen LogP contribution is -2.64. The molecule has 0 amide bonds. The summed E-state index contributed by atoms with van der Waals surface area (Å²) in [5.74, 6) is -0.491. The van der Waals surface area contributed by atoms with Crippen LogP contribution in [-0.2, 0) is 27.9 Å². The molecular weight excluding hydrogens is 763 g/mol. The lowest BCUT2D eigenvalue weighted by atomic mass is 9.85. The van der Waals surface area contributed by atoms with Gasteiger partial charge < -0.3 is 39.9 Å². The van der Waals surface area contributed by atoms with E-state index < -0.39 is 63.1 Å². The normalized spacial score (nSPS) is 23.2. The van der Waals surface area contributed by atoms with Gasteiger partial charge in [-0.1, -0.05) is 152 Å². The predicted molar refractivity (Wildman–Crippen MR) is 230 cm³/mol. The van der Waals surface area contributed by atoms with Gasteiger partial charge in [0.05, 0.1) is 13.2 Å². The van der Waals surface area contributed by atoms with Gasteiger partial charge in [0.2, 0.25) is 0 Å². The Morgan fingerprint density at radius 3 is 1.55 bits per heavy atom. The molecule has 1 aliphatic rings. The molecule has 1 fully saturated rings. The maximum absolute atomic E-state index is 12.8. The quantitative estimate of drug-likeness (QED) is 0.0153. The smallest absolute Gasteiger partial charge is 0.457 e. The highest BCUT2D eigenvalue weighted by atomic mass is 31.2. The van der Waals surface area contributed by atoms with Crippen molar-refractivity contribution < 1.29 is 58.3 Å². The minimum Gasteiger partial charge on any atom is -0.457 e. The highest BCUT2D eigenvalue weighted by Crippen LogP contribution is 2.47. The second-order valence-corrected chi connectivity index (χ2v) is 16.6. The van der Waals surface area contributed by atoms with Gasteiger partial charge in [0.1, 0.15) is 42.7 Å². The number of aliphatic hydroxyl groups excluding tert-OH is 5. The number of carbonyl (C=O) groups is 1. The van der Waals surface area contributed by atoms with Crippen LogP contribution in [0, 0.1) is 0 Å². The molecule has 0 aromatic rings. The van der Waals surface area contributed by atoms with Crippen LogP contribution in [0.1, 0.15) is 155 Å². The zero-order valence-corrected chi connectivity index (χ0v) is 36.5. The molecule has 6 unspecified atom stereocenters. The second-order valence-electron chi connectivity index (χ2n) is 15.2. The number of phosphoric acid groups is 1. The van der Waals surface area contributed by atoms with Gasteiger partial charge >= 0.3 is 13.8 Å². The number of carbonyl (C=O) groups excluding carboxylic acids is 1. The van der Waals surface area contributed by atoms with E-state index in [1.807, 2.05) is 0 Å². The lowest BCUT2D eigenvalue weighted by molar-refractivity contribution is -0.220. The molecule has 1 saturated carbocycles. The van der Waals surface area contributed by atoms with Crippen LogP contribution in [0.25, 0.3) is 0 Å². The highest BCUT2D eigenvalue weighted by molar-refractivity contribution is 7.47. The summed E-state index contributed by atoms with van der Waals surface area (Å²) in [7, 11) is -5.02. The van der Waals surface area contributed by atoms with Crippen LogP contribution in [0.5, 0.6) is 0 Å². The average molecular weight is 843 g/mol. The molecule has 58 heavy (non-hydrogen) atoms. The molecule has 0 bridgehead atoms. The number of hydrogen-bond donors (Lipinski definition) is 6. The Morgan fingerprint density at radius 1 is 0.569 bits per heavy atom. The van der Waals surface area contributed by atoms with Gasteiger partial charge in [-0.25, -0.2) is 4.57 Å². The molecule has 0 aromatic carbocycles. The summed E-state index contributed by atoms with van der Waals surface area (Å²) in [6.07, 6.45) is 31.5. The van der Waals surface area contributed by atoms with E-state index in [-0.39, 0.29) is 13.0 Å². The summed E-state index contributed by atoms with van der Waals surface area (Å²) < 4.78 is 34.1. The Hall–Kier alpha value is -1.96. The Morgan fingerprint density at radius 2 is 1.02 bits per heavy atom. The number of aliphatic hydroxyl groups is 5. The first-order chi connectivity index (χ1) is 28.0. The van der Waals surface area contributed by atoms with E-state index in [2.05, 4.69) is 74.6 Å². The van der Waals surface area contributed by atoms with Crippen molar-refractivity contribution in [3.8, 4) is 0 Å². The fourth-order valence-electron chi connectivity index (χ4n) is 6.38. The number of hydrogen-bond acceptors (Lipinski definition) is 11. The Bertz CT molecular complexity index is 1190. The van der Waals surface area contributed by atoms with Gasteiger partial charge in [0.25, 0.3) is 0 Å². The van der Waals surface area contributed by atoms with E-state index in [0.29, 0.717) is 13.0 Å². The summed E-state index contributed by atoms with van der Waals surface area (Å²) in [6, 6.07) is 0. The fourth-order valence-corrected chi connectivity index (χ4v) is 7.35. The minimum absolute atomic E-state index is 0.0949. The van der Waals surface area contributed by atoms with E-state index in [1.54, 1.807) is 0 Å². The van der Waals surface area contributed by atoms with Crippen molar-refractivity contribution in [2.75, 3.05) is 19.8 Å². The molecular formula is C45H79O12P. The molecule has 0 saturated heterocycles. The standard InChI is InChI=1S/C45H79O12P/c1-3-5-7-9-11-13-15-16-17-18-19-20-21-22-23-25-27-29-31-33-35-54-36-38(56-39(46)34-32-30-28-26-24-14-12-10-8-6-4-2)37-55-58(52,53)57-45-43(50)41(48)40(47)42(49)44(45)51/h5,7,11,13,16-17,19-20,22-23,38,40-45,47-51H,3-4,6,8-10,12,14-15,18,21,24-37H2,1-2H3,(H,52,53)/b7-5-,13-11-,17-16-,20-19-,23-22-. The van der Waals surface area contributed by atoms with Crippen LogP contribution < -0.4 is 0 Å². The summed E-state index contributed by atoms with van der Waals surface area (Å²) in [5.41, 5.74) is 0. The first-order valence-corrected chi connectivity index (χ1v) is 23.6. The molecule has 6 atom stereocenters. The molecule has 12 nitrogen and oxygen atoms in total. The first kappa shape index (κ1) is 54.1. The molecule has 6 N–H and O–H groups in total. The molecule has 0 aliphatic heterocycles. The van der Waals surface area contributed by atoms with Crippen molar-refractivity contribution in [1.82, 2.24) is 0 Å². The number of ether oxygens (including phenoxy) is 2. The van der Waals surface area contributed by atoms with Crippen LogP contribution in [0.2, 0.25) is 0 Å². The number of phosphoric ester groups is 1. The summed E-state index contributed by atoms with van der Waals surface area (Å²) in [5, 5.41) is 50.1. The number of rotatable bonds is 36. The van der Waals surface area contributed by atoms with Crippen LogP contribution >= 0.6 is 7.82 Å². The summed E-state index contributed by atoms with van der Waals surface area (Å²) in [6.45, 7) is 4.06. The fraction of sp³-hybridized carbons (Fsp3) is 0.756. The molecule has 0 aromatic heterocycles. The van der Waals surface area contributed by atoms with E-state index >= 15 is 0 Å². The monoisotopic (exact) mass is 843 g/mol. The predicted octanol–water partition coefficient (Wildman–Crippen LogP) is 8.64. The third-order valence-corrected chi connectivity index (χ3v) is 10.9. The molecule has 1 rings (SSSR count). The van der Waals surface area contributed by atoms with Crippen LogP contribution in [0.3, 0.4) is 0 Å². The zero-order valence-electron chi connectivity index (χ0n) is 35.6. The molecule has 0 spiro atoms. The molecule has 1 aliphatic carbocycles. The van der Waals surface area contributed by atoms with Crippen molar-refractivity contribution in [3.63, 3.8) is 0 Å². The van der Waals surface area contributed by atoms with Gasteiger partial charge in [-0.3, -0.25) is 13.8 Å². The summed E-state index contributed by atoms with van der Waals surface area (Å²) >= 11 is 0. The van der Waals surface area contributed by atoms with Crippen LogP contribution in [0.15, 0.2) is 60.8 Å². The molecule has 0 heterocycles. The zero-order chi connectivity index (χ0) is 42.7. The van der Waals surface area contributed by atoms with Gasteiger partial charge in [-0.05, 0) is 57.8 Å². The topological polar surface area (TPSA) is 192 Å². The van der Waals surface area contributed by atoms with Crippen molar-refractivity contribution in [2.24, 2.45) is 0 Å². The first-order valence-electron chi connectivity index (χ1n) is 22.1. The van der Waals surface area contributed by atoms with Crippen molar-refractivity contribution in [2.45, 2.75) is 198 Å². The Labute approximate surface area is 349 Å². The molecule has 336 valence electrons. The molecule has 0 radical (unpaired) electrons. The van der Waals surface area contributed by atoms with Crippen molar-refractivity contribution >= 4 is 13.8 Å². The lowest BCUT2D eigenvalue weighted by Gasteiger charge is -2.41. The molecule has 13 heteroatoms. The number of allylic oxidation sites excluding steroid dienone is 10. The van der Waals surface area contributed by atoms with E-state index in [0.717, 1.165) is 83.5 Å². The largest absolute Gasteiger partial charge is 0.472 e. The third kappa shape index (κ3) is 27.7. The minimum atomic E-state index is -5.02. The Kier molecular flexibility index (Phi) is 33.3. The van der Waals surface area contributed by atoms with Gasteiger partial charge in [-0.15, -0.1) is 0 Å². The maximum Gasteiger partial charge on any atom is 0.472 e. The van der Waals surface area contributed by atoms with E-state index in [9.17, 15) is 39.8 Å². The van der Waals surface area contributed by atoms with Gasteiger partial charge in [-0.2, -0.15) is 0 Å². The summed E-state index contributed by atoms with van der Waals surface area (Å²) in [4.78, 5) is 23.1. The number of unbranched alkanes of at least 4 members (excludes halogenated alkanes) is 14. The highest BCUT2D eigenvalue weighted by Gasteiger charge is 2.51. The Balaban J connectivity index is 2.42. The van der Waals surface area contributed by atoms with E-state index in [4.69, 9.17) is 18.5 Å². The second kappa shape index (κ2) is 35.8. The number of esters is 1. The van der Waals surface area contributed by atoms with Gasteiger partial charge in [0, 0.05) is 13.0 Å².